The number of aryl methyl sites for hydroxylation is 1. The first-order chi connectivity index (χ1) is 26.5. The van der Waals surface area contributed by atoms with E-state index in [0.29, 0.717) is 23.7 Å². The summed E-state index contributed by atoms with van der Waals surface area (Å²) in [5, 5.41) is 8.09. The Bertz CT molecular complexity index is 2330. The van der Waals surface area contributed by atoms with Gasteiger partial charge in [-0.2, -0.15) is 5.10 Å². The average molecular weight is 719 g/mol. The highest BCUT2D eigenvalue weighted by Crippen LogP contribution is 2.49. The van der Waals surface area contributed by atoms with Crippen molar-refractivity contribution in [1.82, 2.24) is 19.3 Å². The predicted octanol–water partition coefficient (Wildman–Crippen LogP) is 13.0. The number of para-hydroxylation sites is 1. The van der Waals surface area contributed by atoms with Gasteiger partial charge in [0, 0.05) is 58.5 Å². The molecule has 3 aromatic heterocycles. The van der Waals surface area contributed by atoms with Gasteiger partial charge in [-0.15, -0.1) is 0 Å². The summed E-state index contributed by atoms with van der Waals surface area (Å²) in [5.41, 5.74) is 10.5. The topological polar surface area (TPSA) is 54.1 Å². The normalized spacial score (nSPS) is 20.0. The first kappa shape index (κ1) is 34.9. The first-order valence-electron chi connectivity index (χ1n) is 20.6. The highest BCUT2D eigenvalue weighted by molar-refractivity contribution is 6.09. The molecule has 1 unspecified atom stereocenters. The number of methoxy groups -OCH3 is 1. The number of aromatic nitrogens is 4. The van der Waals surface area contributed by atoms with Crippen molar-refractivity contribution in [3.05, 3.63) is 113 Å². The second-order valence-electron chi connectivity index (χ2n) is 16.4. The summed E-state index contributed by atoms with van der Waals surface area (Å²) in [6.07, 6.45) is 19.7. The van der Waals surface area contributed by atoms with Gasteiger partial charge in [0.25, 0.3) is 0 Å². The lowest BCUT2D eigenvalue weighted by atomic mass is 9.71. The Balaban J connectivity index is 1.17. The Morgan fingerprint density at radius 1 is 0.704 bits per heavy atom. The Morgan fingerprint density at radius 2 is 1.46 bits per heavy atom. The molecule has 3 heterocycles. The highest BCUT2D eigenvalue weighted by Gasteiger charge is 2.37. The van der Waals surface area contributed by atoms with Gasteiger partial charge in [-0.3, -0.25) is 4.57 Å². The first-order valence-corrected chi connectivity index (χ1v) is 20.6. The molecule has 6 heteroatoms. The van der Waals surface area contributed by atoms with E-state index in [0.717, 1.165) is 45.2 Å². The molecular formula is C48H54N4O2. The molecule has 0 N–H and O–H groups in total. The Kier molecular flexibility index (Phi) is 9.54. The van der Waals surface area contributed by atoms with Crippen LogP contribution in [-0.2, 0) is 0 Å². The lowest BCUT2D eigenvalue weighted by Gasteiger charge is -2.33. The lowest BCUT2D eigenvalue weighted by Crippen LogP contribution is -2.21. The van der Waals surface area contributed by atoms with Gasteiger partial charge in [-0.05, 0) is 100 Å². The van der Waals surface area contributed by atoms with Gasteiger partial charge in [-0.1, -0.05) is 75.3 Å². The fourth-order valence-corrected chi connectivity index (χ4v) is 10.2. The van der Waals surface area contributed by atoms with Crippen LogP contribution in [0.5, 0.6) is 17.2 Å². The fourth-order valence-electron chi connectivity index (χ4n) is 10.2. The third kappa shape index (κ3) is 6.41. The third-order valence-electron chi connectivity index (χ3n) is 12.8. The van der Waals surface area contributed by atoms with Gasteiger partial charge >= 0.3 is 0 Å². The molecule has 0 aliphatic heterocycles. The minimum atomic E-state index is 0.444. The Hall–Kier alpha value is -4.84. The third-order valence-corrected chi connectivity index (χ3v) is 12.8. The van der Waals surface area contributed by atoms with Crippen LogP contribution in [0.2, 0.25) is 0 Å². The molecule has 0 bridgehead atoms. The largest absolute Gasteiger partial charge is 0.497 e. The van der Waals surface area contributed by atoms with E-state index in [4.69, 9.17) is 19.6 Å². The van der Waals surface area contributed by atoms with E-state index < -0.39 is 0 Å². The van der Waals surface area contributed by atoms with Crippen molar-refractivity contribution in [3.8, 4) is 28.8 Å². The lowest BCUT2D eigenvalue weighted by molar-refractivity contribution is 0.406. The van der Waals surface area contributed by atoms with E-state index >= 15 is 0 Å². The maximum absolute atomic E-state index is 6.84. The van der Waals surface area contributed by atoms with E-state index in [2.05, 4.69) is 96.8 Å². The number of ether oxygens (including phenoxy) is 2. The highest BCUT2D eigenvalue weighted by atomic mass is 16.5. The number of allylic oxidation sites excluding steroid dienone is 2. The number of benzene rings is 3. The van der Waals surface area contributed by atoms with Crippen LogP contribution in [0.4, 0.5) is 0 Å². The van der Waals surface area contributed by atoms with Crippen LogP contribution < -0.4 is 9.47 Å². The van der Waals surface area contributed by atoms with Gasteiger partial charge in [0.1, 0.15) is 23.1 Å². The van der Waals surface area contributed by atoms with Crippen LogP contribution in [0.15, 0.2) is 90.6 Å². The Morgan fingerprint density at radius 3 is 2.24 bits per heavy atom. The van der Waals surface area contributed by atoms with Crippen LogP contribution >= 0.6 is 0 Å². The number of hydrogen-bond acceptors (Lipinski definition) is 4. The average Bonchev–Trinajstić information content (AvgIpc) is 3.75. The fraction of sp³-hybridized carbons (Fsp3) is 0.417. The predicted molar refractivity (Wildman–Crippen MR) is 220 cm³/mol. The molecule has 2 fully saturated rings. The molecule has 3 aliphatic carbocycles. The minimum absolute atomic E-state index is 0.444. The van der Waals surface area contributed by atoms with Crippen molar-refractivity contribution in [3.63, 3.8) is 0 Å². The Labute approximate surface area is 320 Å². The summed E-state index contributed by atoms with van der Waals surface area (Å²) in [7, 11) is 1.70. The number of pyridine rings is 1. The second kappa shape index (κ2) is 14.8. The van der Waals surface area contributed by atoms with Crippen LogP contribution in [0.1, 0.15) is 131 Å². The van der Waals surface area contributed by atoms with Crippen molar-refractivity contribution in [2.75, 3.05) is 7.11 Å². The minimum Gasteiger partial charge on any atom is -0.497 e. The maximum atomic E-state index is 6.84. The summed E-state index contributed by atoms with van der Waals surface area (Å²) in [6, 6.07) is 25.5. The van der Waals surface area contributed by atoms with Gasteiger partial charge in [-0.25, -0.2) is 9.67 Å². The van der Waals surface area contributed by atoms with Gasteiger partial charge in [0.05, 0.1) is 35.2 Å². The molecular weight excluding hydrogens is 665 g/mol. The molecule has 6 nitrogen and oxygen atoms in total. The number of hydrogen-bond donors (Lipinski definition) is 0. The SMILES string of the molecule is COc1ccnc(-n2c3ccccc3c3ccc(Oc4cc(C)cc(-n5nc(C6CCCCC6)c(C6C(C)=CCC[C@@H]6C)c5C5CCCCC5)c4)cc32)c1. The van der Waals surface area contributed by atoms with Crippen molar-refractivity contribution < 1.29 is 9.47 Å². The molecule has 3 aliphatic rings. The van der Waals surface area contributed by atoms with E-state index in [-0.39, 0.29) is 0 Å². The standard InChI is InChI=1S/C48H54N4O2/c1-31-26-36(52-48(35-18-9-6-10-19-35)46(45-32(2)14-13-15-33(45)3)47(50-52)34-16-7-5-8-17-34)28-39(27-31)54-38-22-23-41-40-20-11-12-21-42(40)51(43(41)29-38)44-30-37(53-4)24-25-49-44/h11-12,14,20-30,33-35,45H,5-10,13,15-19H2,1-4H3/t33-,45?/m0/s1. The monoisotopic (exact) mass is 718 g/mol. The van der Waals surface area contributed by atoms with Gasteiger partial charge in [0.2, 0.25) is 0 Å². The smallest absolute Gasteiger partial charge is 0.141 e. The number of nitrogens with zero attached hydrogens (tertiary/aromatic N) is 4. The van der Waals surface area contributed by atoms with Crippen LogP contribution in [-0.4, -0.2) is 26.4 Å². The summed E-state index contributed by atoms with van der Waals surface area (Å²) >= 11 is 0. The van der Waals surface area contributed by atoms with Gasteiger partial charge < -0.3 is 9.47 Å². The number of fused-ring (bicyclic) bond motifs is 3. The van der Waals surface area contributed by atoms with Crippen LogP contribution in [0, 0.1) is 12.8 Å². The molecule has 3 aromatic carbocycles. The summed E-state index contributed by atoms with van der Waals surface area (Å²) in [6.45, 7) is 7.08. The van der Waals surface area contributed by atoms with Crippen LogP contribution in [0.3, 0.4) is 0 Å². The quantitative estimate of drug-likeness (QED) is 0.147. The van der Waals surface area contributed by atoms with Crippen LogP contribution in [0.25, 0.3) is 33.3 Å². The van der Waals surface area contributed by atoms with E-state index in [1.165, 1.54) is 99.4 Å². The van der Waals surface area contributed by atoms with E-state index in [1.54, 1.807) is 24.4 Å². The zero-order chi connectivity index (χ0) is 36.8. The van der Waals surface area contributed by atoms with Crippen molar-refractivity contribution >= 4 is 21.8 Å². The molecule has 0 spiro atoms. The van der Waals surface area contributed by atoms with Crippen molar-refractivity contribution in [2.45, 2.75) is 116 Å². The molecule has 0 radical (unpaired) electrons. The zero-order valence-electron chi connectivity index (χ0n) is 32.5. The number of rotatable bonds is 8. The van der Waals surface area contributed by atoms with E-state index in [1.807, 2.05) is 12.1 Å². The molecule has 2 saturated carbocycles. The molecule has 6 aromatic rings. The maximum Gasteiger partial charge on any atom is 0.141 e. The zero-order valence-corrected chi connectivity index (χ0v) is 32.5. The van der Waals surface area contributed by atoms with E-state index in [9.17, 15) is 0 Å². The molecule has 278 valence electrons. The molecule has 2 atom stereocenters. The molecule has 9 rings (SSSR count). The van der Waals surface area contributed by atoms with Crippen molar-refractivity contribution in [1.29, 1.82) is 0 Å². The molecule has 0 amide bonds. The summed E-state index contributed by atoms with van der Waals surface area (Å²) in [5.74, 6) is 5.34. The van der Waals surface area contributed by atoms with Crippen molar-refractivity contribution in [2.24, 2.45) is 5.92 Å². The summed E-state index contributed by atoms with van der Waals surface area (Å²) < 4.78 is 17.0. The second-order valence-corrected chi connectivity index (χ2v) is 16.4. The summed E-state index contributed by atoms with van der Waals surface area (Å²) in [4.78, 5) is 4.76. The van der Waals surface area contributed by atoms with Gasteiger partial charge in [0.15, 0.2) is 0 Å². The molecule has 0 saturated heterocycles. The molecule has 54 heavy (non-hydrogen) atoms.